The third-order valence-corrected chi connectivity index (χ3v) is 2.79. The maximum Gasteiger partial charge on any atom is 0.311 e. The van der Waals surface area contributed by atoms with E-state index < -0.39 is 4.92 Å². The summed E-state index contributed by atoms with van der Waals surface area (Å²) < 4.78 is 0. The number of hydrogen-bond acceptors (Lipinski definition) is 5. The molecular weight excluding hydrogens is 280 g/mol. The first-order valence-electron chi connectivity index (χ1n) is 5.64. The van der Waals surface area contributed by atoms with E-state index in [2.05, 4.69) is 10.3 Å². The minimum atomic E-state index is -0.523. The number of aromatic nitrogens is 1. The molecule has 1 N–H and O–H groups in total. The molecule has 0 bridgehead atoms. The average Bonchev–Trinajstić information content (AvgIpc) is 2.45. The first-order valence-corrected chi connectivity index (χ1v) is 6.02. The van der Waals surface area contributed by atoms with Crippen LogP contribution >= 0.6 is 11.6 Å². The zero-order chi connectivity index (χ0) is 14.5. The van der Waals surface area contributed by atoms with Crippen LogP contribution in [0.3, 0.4) is 0 Å². The second-order valence-corrected chi connectivity index (χ2v) is 4.31. The molecule has 20 heavy (non-hydrogen) atoms. The van der Waals surface area contributed by atoms with E-state index >= 15 is 0 Å². The lowest BCUT2D eigenvalue weighted by molar-refractivity contribution is -0.384. The molecule has 0 aliphatic carbocycles. The molecule has 1 aromatic carbocycles. The Kier molecular flexibility index (Phi) is 4.13. The van der Waals surface area contributed by atoms with Crippen LogP contribution in [0.2, 0.25) is 5.15 Å². The number of hydrogen-bond donors (Lipinski definition) is 1. The van der Waals surface area contributed by atoms with Crippen molar-refractivity contribution >= 4 is 23.1 Å². The number of benzene rings is 1. The SMILES string of the molecule is N#Cc1ccc(CNc2nc(Cl)ccc2[N+](=O)[O-])cc1. The Morgan fingerprint density at radius 3 is 2.60 bits per heavy atom. The van der Waals surface area contributed by atoms with Gasteiger partial charge in [-0.2, -0.15) is 5.26 Å². The van der Waals surface area contributed by atoms with Gasteiger partial charge in [-0.25, -0.2) is 4.98 Å². The van der Waals surface area contributed by atoms with Crippen LogP contribution in [0, 0.1) is 21.4 Å². The van der Waals surface area contributed by atoms with Crippen molar-refractivity contribution in [3.63, 3.8) is 0 Å². The van der Waals surface area contributed by atoms with Gasteiger partial charge in [-0.1, -0.05) is 23.7 Å². The van der Waals surface area contributed by atoms with Crippen LogP contribution in [-0.2, 0) is 6.54 Å². The molecule has 0 saturated carbocycles. The minimum Gasteiger partial charge on any atom is -0.360 e. The first-order chi connectivity index (χ1) is 9.60. The van der Waals surface area contributed by atoms with E-state index in [9.17, 15) is 10.1 Å². The Balaban J connectivity index is 2.15. The van der Waals surface area contributed by atoms with Gasteiger partial charge >= 0.3 is 5.69 Å². The summed E-state index contributed by atoms with van der Waals surface area (Å²) in [5, 5.41) is 22.6. The van der Waals surface area contributed by atoms with Crippen molar-refractivity contribution in [2.45, 2.75) is 6.54 Å². The van der Waals surface area contributed by atoms with Gasteiger partial charge in [0, 0.05) is 12.6 Å². The largest absolute Gasteiger partial charge is 0.360 e. The number of pyridine rings is 1. The van der Waals surface area contributed by atoms with Crippen LogP contribution in [0.4, 0.5) is 11.5 Å². The minimum absolute atomic E-state index is 0.117. The fourth-order valence-electron chi connectivity index (χ4n) is 1.59. The van der Waals surface area contributed by atoms with Crippen molar-refractivity contribution in [2.24, 2.45) is 0 Å². The number of nitro groups is 1. The van der Waals surface area contributed by atoms with Crippen molar-refractivity contribution in [1.29, 1.82) is 5.26 Å². The molecule has 0 radical (unpaired) electrons. The Morgan fingerprint density at radius 2 is 2.00 bits per heavy atom. The molecule has 0 aliphatic heterocycles. The molecule has 7 heteroatoms. The normalized spacial score (nSPS) is 9.80. The molecule has 0 fully saturated rings. The zero-order valence-corrected chi connectivity index (χ0v) is 11.0. The molecule has 0 saturated heterocycles. The lowest BCUT2D eigenvalue weighted by Crippen LogP contribution is -2.04. The Bertz CT molecular complexity index is 680. The standard InChI is InChI=1S/C13H9ClN4O2/c14-12-6-5-11(18(19)20)13(17-12)16-8-10-3-1-9(7-15)2-4-10/h1-6H,8H2,(H,16,17). The van der Waals surface area contributed by atoms with Crippen molar-refractivity contribution < 1.29 is 4.92 Å². The lowest BCUT2D eigenvalue weighted by Gasteiger charge is -2.06. The van der Waals surface area contributed by atoms with Crippen LogP contribution in [0.25, 0.3) is 0 Å². The molecule has 0 aliphatic rings. The molecule has 0 spiro atoms. The average molecular weight is 289 g/mol. The molecule has 6 nitrogen and oxygen atoms in total. The lowest BCUT2D eigenvalue weighted by atomic mass is 10.1. The van der Waals surface area contributed by atoms with Crippen molar-refractivity contribution in [3.8, 4) is 6.07 Å². The highest BCUT2D eigenvalue weighted by atomic mass is 35.5. The highest BCUT2D eigenvalue weighted by Gasteiger charge is 2.15. The molecule has 2 rings (SSSR count). The third-order valence-electron chi connectivity index (χ3n) is 2.58. The number of nitriles is 1. The molecule has 1 aromatic heterocycles. The van der Waals surface area contributed by atoms with E-state index in [1.165, 1.54) is 12.1 Å². The van der Waals surface area contributed by atoms with E-state index in [0.717, 1.165) is 5.56 Å². The van der Waals surface area contributed by atoms with E-state index in [1.54, 1.807) is 24.3 Å². The summed E-state index contributed by atoms with van der Waals surface area (Å²) in [7, 11) is 0. The second-order valence-electron chi connectivity index (χ2n) is 3.92. The van der Waals surface area contributed by atoms with E-state index in [0.29, 0.717) is 12.1 Å². The summed E-state index contributed by atoms with van der Waals surface area (Å²) >= 11 is 5.73. The first kappa shape index (κ1) is 13.8. The number of rotatable bonds is 4. The van der Waals surface area contributed by atoms with Gasteiger partial charge in [0.25, 0.3) is 0 Å². The topological polar surface area (TPSA) is 91.8 Å². The molecular formula is C13H9ClN4O2. The monoisotopic (exact) mass is 288 g/mol. The summed E-state index contributed by atoms with van der Waals surface area (Å²) in [6.07, 6.45) is 0. The highest BCUT2D eigenvalue weighted by Crippen LogP contribution is 2.24. The predicted molar refractivity (Wildman–Crippen MR) is 74.4 cm³/mol. The highest BCUT2D eigenvalue weighted by molar-refractivity contribution is 6.29. The maximum absolute atomic E-state index is 10.9. The molecule has 1 heterocycles. The van der Waals surface area contributed by atoms with Crippen molar-refractivity contribution in [2.75, 3.05) is 5.32 Å². The van der Waals surface area contributed by atoms with Crippen LogP contribution in [0.1, 0.15) is 11.1 Å². The van der Waals surface area contributed by atoms with Crippen molar-refractivity contribution in [3.05, 3.63) is 62.8 Å². The van der Waals surface area contributed by atoms with Crippen molar-refractivity contribution in [1.82, 2.24) is 4.98 Å². The van der Waals surface area contributed by atoms with Gasteiger partial charge in [0.15, 0.2) is 0 Å². The molecule has 0 atom stereocenters. The van der Waals surface area contributed by atoms with Gasteiger partial charge in [-0.3, -0.25) is 10.1 Å². The number of halogens is 1. The number of nitrogens with one attached hydrogen (secondary N) is 1. The van der Waals surface area contributed by atoms with Gasteiger partial charge in [0.1, 0.15) is 5.15 Å². The Morgan fingerprint density at radius 1 is 1.30 bits per heavy atom. The quantitative estimate of drug-likeness (QED) is 0.530. The molecule has 0 amide bonds. The molecule has 0 unspecified atom stereocenters. The summed E-state index contributed by atoms with van der Waals surface area (Å²) in [4.78, 5) is 14.3. The number of anilines is 1. The zero-order valence-electron chi connectivity index (χ0n) is 10.2. The summed E-state index contributed by atoms with van der Waals surface area (Å²) in [6, 6.07) is 11.6. The van der Waals surface area contributed by atoms with Crippen LogP contribution in [0.5, 0.6) is 0 Å². The summed E-state index contributed by atoms with van der Waals surface area (Å²) in [5.74, 6) is 0.117. The summed E-state index contributed by atoms with van der Waals surface area (Å²) in [6.45, 7) is 0.347. The van der Waals surface area contributed by atoms with Gasteiger partial charge in [-0.05, 0) is 23.8 Å². The van der Waals surface area contributed by atoms with Gasteiger partial charge < -0.3 is 5.32 Å². The second kappa shape index (κ2) is 5.99. The maximum atomic E-state index is 10.9. The third kappa shape index (κ3) is 3.22. The summed E-state index contributed by atoms with van der Waals surface area (Å²) in [5.41, 5.74) is 1.30. The predicted octanol–water partition coefficient (Wildman–Crippen LogP) is 3.13. The van der Waals surface area contributed by atoms with E-state index in [-0.39, 0.29) is 16.7 Å². The Labute approximate surface area is 119 Å². The molecule has 100 valence electrons. The van der Waals surface area contributed by atoms with E-state index in [1.807, 2.05) is 6.07 Å². The Hall–Kier alpha value is -2.65. The smallest absolute Gasteiger partial charge is 0.311 e. The van der Waals surface area contributed by atoms with Gasteiger partial charge in [-0.15, -0.1) is 0 Å². The number of nitrogens with zero attached hydrogens (tertiary/aromatic N) is 3. The van der Waals surface area contributed by atoms with Gasteiger partial charge in [0.2, 0.25) is 5.82 Å². The van der Waals surface area contributed by atoms with Crippen LogP contribution in [0.15, 0.2) is 36.4 Å². The van der Waals surface area contributed by atoms with Crippen LogP contribution in [-0.4, -0.2) is 9.91 Å². The van der Waals surface area contributed by atoms with E-state index in [4.69, 9.17) is 16.9 Å². The van der Waals surface area contributed by atoms with Gasteiger partial charge in [0.05, 0.1) is 16.6 Å². The fourth-order valence-corrected chi connectivity index (χ4v) is 1.74. The fraction of sp³-hybridized carbons (Fsp3) is 0.0769. The molecule has 2 aromatic rings. The van der Waals surface area contributed by atoms with Crippen LogP contribution < -0.4 is 5.32 Å².